The van der Waals surface area contributed by atoms with Gasteiger partial charge >= 0.3 is 5.69 Å². The molecule has 4 heterocycles. The molecule has 0 aliphatic heterocycles. The number of pyridine rings is 2. The third kappa shape index (κ3) is 5.96. The number of hydrogen-bond acceptors (Lipinski definition) is 4. The normalized spacial score (nSPS) is 14.2. The van der Waals surface area contributed by atoms with Gasteiger partial charge in [0.15, 0.2) is 5.65 Å². The molecule has 0 atom stereocenters. The van der Waals surface area contributed by atoms with E-state index in [-0.39, 0.29) is 44.5 Å². The summed E-state index contributed by atoms with van der Waals surface area (Å²) in [6, 6.07) is 26.5. The molecular formula is C51H39N5O2. The molecule has 0 bridgehead atoms. The third-order valence-corrected chi connectivity index (χ3v) is 10.2. The van der Waals surface area contributed by atoms with Gasteiger partial charge in [0, 0.05) is 46.4 Å². The zero-order valence-electron chi connectivity index (χ0n) is 41.6. The highest BCUT2D eigenvalue weighted by atomic mass is 16.5. The SMILES string of the molecule is [2H]c1c([2H])c([2H])c(-c2cccc(-c3c([2H])c([2H])c([2H])c([2H])c3[2H])c2-n2c(=O)n(-c3cccc(Oc4ccc5c6ccccc6n(-c6cc(C(C)(C)C)ccn6)c5c4)c3)c3ncccc32)c([2H])c1[2H]. The Hall–Kier alpha value is -7.51. The number of ether oxygens (including phenoxy) is 1. The number of hydrogen-bond donors (Lipinski definition) is 0. The fourth-order valence-electron chi connectivity index (χ4n) is 7.53. The molecule has 0 unspecified atom stereocenters. The Kier molecular flexibility index (Phi) is 6.14. The van der Waals surface area contributed by atoms with Gasteiger partial charge in [-0.15, -0.1) is 0 Å². The van der Waals surface area contributed by atoms with E-state index in [4.69, 9.17) is 23.4 Å². The molecule has 0 aliphatic rings. The van der Waals surface area contributed by atoms with Crippen molar-refractivity contribution < 1.29 is 18.4 Å². The van der Waals surface area contributed by atoms with Crippen LogP contribution in [0.4, 0.5) is 0 Å². The lowest BCUT2D eigenvalue weighted by Gasteiger charge is -2.20. The van der Waals surface area contributed by atoms with Crippen molar-refractivity contribution in [3.63, 3.8) is 0 Å². The highest BCUT2D eigenvalue weighted by Gasteiger charge is 2.23. The van der Waals surface area contributed by atoms with E-state index in [2.05, 4.69) is 48.5 Å². The zero-order chi connectivity index (χ0) is 48.1. The summed E-state index contributed by atoms with van der Waals surface area (Å²) in [5.41, 5.74) is 2.17. The standard InChI is InChI=1S/C51H39N5O2/c1-51(2,3)36-28-30-52-47(31-36)55-44-24-11-10-21-42(44)43-27-26-39(33-46(43)55)58-38-20-12-19-37(32-38)54-49-45(25-14-29-53-49)56(50(54)57)48-40(34-15-6-4-7-16-34)22-13-23-41(48)35-17-8-5-9-18-35/h4-33H,1-3H3/i4D,5D,6D,7D,8D,9D,15D,16D,17D,18D. The minimum Gasteiger partial charge on any atom is -0.457 e. The van der Waals surface area contributed by atoms with E-state index in [1.807, 2.05) is 42.6 Å². The number of imidazole rings is 1. The van der Waals surface area contributed by atoms with Gasteiger partial charge in [0.2, 0.25) is 0 Å². The average molecular weight is 764 g/mol. The number of benzene rings is 6. The number of rotatable bonds is 7. The molecule has 0 aliphatic carbocycles. The van der Waals surface area contributed by atoms with Gasteiger partial charge in [0.1, 0.15) is 17.3 Å². The molecule has 0 radical (unpaired) electrons. The number of fused-ring (bicyclic) bond motifs is 4. The van der Waals surface area contributed by atoms with Gasteiger partial charge in [-0.3, -0.25) is 9.13 Å². The largest absolute Gasteiger partial charge is 0.457 e. The molecule has 7 heteroatoms. The summed E-state index contributed by atoms with van der Waals surface area (Å²) >= 11 is 0. The maximum absolute atomic E-state index is 15.4. The summed E-state index contributed by atoms with van der Waals surface area (Å²) in [7, 11) is 0. The summed E-state index contributed by atoms with van der Waals surface area (Å²) in [4.78, 5) is 24.8. The molecule has 0 spiro atoms. The first-order valence-electron chi connectivity index (χ1n) is 23.6. The van der Waals surface area contributed by atoms with E-state index in [1.165, 1.54) is 33.5 Å². The summed E-state index contributed by atoms with van der Waals surface area (Å²) in [6.07, 6.45) is 3.32. The van der Waals surface area contributed by atoms with Gasteiger partial charge in [-0.25, -0.2) is 19.3 Å². The first-order chi connectivity index (χ1) is 32.5. The number of para-hydroxylation sites is 2. The molecule has 0 N–H and O–H groups in total. The van der Waals surface area contributed by atoms with Gasteiger partial charge in [0.05, 0.1) is 41.6 Å². The van der Waals surface area contributed by atoms with Crippen LogP contribution in [-0.4, -0.2) is 23.7 Å². The molecule has 0 amide bonds. The Balaban J connectivity index is 1.17. The lowest BCUT2D eigenvalue weighted by molar-refractivity contribution is 0.483. The smallest absolute Gasteiger partial charge is 0.339 e. The summed E-state index contributed by atoms with van der Waals surface area (Å²) < 4.78 is 97.8. The minimum atomic E-state index is -0.722. The van der Waals surface area contributed by atoms with Gasteiger partial charge in [0.25, 0.3) is 0 Å². The summed E-state index contributed by atoms with van der Waals surface area (Å²) in [6.45, 7) is 6.47. The number of nitrogens with zero attached hydrogens (tertiary/aromatic N) is 5. The maximum Gasteiger partial charge on any atom is 0.339 e. The van der Waals surface area contributed by atoms with Crippen LogP contribution in [0.15, 0.2) is 187 Å². The van der Waals surface area contributed by atoms with E-state index < -0.39 is 66.1 Å². The predicted molar refractivity (Wildman–Crippen MR) is 235 cm³/mol. The Morgan fingerprint density at radius 3 is 1.98 bits per heavy atom. The zero-order valence-corrected chi connectivity index (χ0v) is 31.6. The van der Waals surface area contributed by atoms with Crippen LogP contribution in [0.25, 0.3) is 72.4 Å². The molecule has 6 aromatic carbocycles. The molecule has 280 valence electrons. The van der Waals surface area contributed by atoms with Crippen molar-refractivity contribution >= 4 is 33.0 Å². The van der Waals surface area contributed by atoms with Crippen LogP contribution in [0.1, 0.15) is 40.0 Å². The van der Waals surface area contributed by atoms with Crippen LogP contribution in [0.2, 0.25) is 0 Å². The van der Waals surface area contributed by atoms with E-state index in [1.54, 1.807) is 36.4 Å². The quantitative estimate of drug-likeness (QED) is 0.162. The molecule has 10 rings (SSSR count). The van der Waals surface area contributed by atoms with Crippen LogP contribution >= 0.6 is 0 Å². The van der Waals surface area contributed by atoms with E-state index >= 15 is 4.79 Å². The minimum absolute atomic E-state index is 0.0264. The highest BCUT2D eigenvalue weighted by Crippen LogP contribution is 2.38. The first kappa shape index (κ1) is 25.6. The van der Waals surface area contributed by atoms with Crippen molar-refractivity contribution in [2.45, 2.75) is 26.2 Å². The average Bonchev–Trinajstić information content (AvgIpc) is 3.82. The second-order valence-corrected chi connectivity index (χ2v) is 14.8. The van der Waals surface area contributed by atoms with Gasteiger partial charge in [-0.2, -0.15) is 0 Å². The van der Waals surface area contributed by atoms with Crippen molar-refractivity contribution in [1.82, 2.24) is 23.7 Å². The molecule has 0 fully saturated rings. The second-order valence-electron chi connectivity index (χ2n) is 14.8. The fraction of sp³-hybridized carbons (Fsp3) is 0.0784. The van der Waals surface area contributed by atoms with Crippen LogP contribution in [0, 0.1) is 0 Å². The van der Waals surface area contributed by atoms with Gasteiger partial charge < -0.3 is 4.74 Å². The maximum atomic E-state index is 15.4. The van der Waals surface area contributed by atoms with E-state index in [9.17, 15) is 0 Å². The first-order valence-corrected chi connectivity index (χ1v) is 18.6. The molecule has 10 aromatic rings. The topological polar surface area (TPSA) is 66.9 Å². The molecule has 7 nitrogen and oxygen atoms in total. The lowest BCUT2D eigenvalue weighted by Crippen LogP contribution is -2.23. The van der Waals surface area contributed by atoms with Crippen LogP contribution in [0.5, 0.6) is 11.5 Å². The van der Waals surface area contributed by atoms with Crippen molar-refractivity contribution in [3.05, 3.63) is 198 Å². The van der Waals surface area contributed by atoms with Crippen molar-refractivity contribution in [2.24, 2.45) is 0 Å². The van der Waals surface area contributed by atoms with E-state index in [0.29, 0.717) is 17.2 Å². The predicted octanol–water partition coefficient (Wildman–Crippen LogP) is 12.1. The molecule has 58 heavy (non-hydrogen) atoms. The van der Waals surface area contributed by atoms with E-state index in [0.717, 1.165) is 33.2 Å². The third-order valence-electron chi connectivity index (χ3n) is 10.2. The molecule has 4 aromatic heterocycles. The van der Waals surface area contributed by atoms with Crippen LogP contribution < -0.4 is 10.4 Å². The second kappa shape index (κ2) is 13.9. The Labute approximate surface area is 349 Å². The monoisotopic (exact) mass is 763 g/mol. The van der Waals surface area contributed by atoms with Gasteiger partial charge in [-0.1, -0.05) is 124 Å². The van der Waals surface area contributed by atoms with Gasteiger partial charge in [-0.05, 0) is 76.7 Å². The lowest BCUT2D eigenvalue weighted by atomic mass is 9.88. The summed E-state index contributed by atoms with van der Waals surface area (Å²) in [5, 5.41) is 2.05. The van der Waals surface area contributed by atoms with Crippen molar-refractivity contribution in [3.8, 4) is 50.9 Å². The number of aromatic nitrogens is 5. The molecule has 0 saturated heterocycles. The van der Waals surface area contributed by atoms with Crippen LogP contribution in [0.3, 0.4) is 0 Å². The Bertz CT molecular complexity index is 3670. The fourth-order valence-corrected chi connectivity index (χ4v) is 7.53. The Morgan fingerprint density at radius 2 is 1.24 bits per heavy atom. The summed E-state index contributed by atoms with van der Waals surface area (Å²) in [5.74, 6) is 1.64. The highest BCUT2D eigenvalue weighted by molar-refractivity contribution is 6.09. The van der Waals surface area contributed by atoms with Crippen molar-refractivity contribution in [1.29, 1.82) is 0 Å². The Morgan fingerprint density at radius 1 is 0.569 bits per heavy atom. The molecular weight excluding hydrogens is 715 g/mol. The van der Waals surface area contributed by atoms with Crippen molar-refractivity contribution in [2.75, 3.05) is 0 Å². The van der Waals surface area contributed by atoms with Crippen LogP contribution in [-0.2, 0) is 5.41 Å². The molecule has 0 saturated carbocycles.